The molecule has 1 aliphatic heterocycles. The second-order valence-electron chi connectivity index (χ2n) is 5.23. The molecule has 0 bridgehead atoms. The van der Waals surface area contributed by atoms with Crippen LogP contribution in [0.4, 0.5) is 0 Å². The van der Waals surface area contributed by atoms with Crippen LogP contribution in [0.25, 0.3) is 0 Å². The van der Waals surface area contributed by atoms with Crippen molar-refractivity contribution in [3.05, 3.63) is 0 Å². The monoisotopic (exact) mass is 282 g/mol. The maximum absolute atomic E-state index is 12.6. The van der Waals surface area contributed by atoms with Gasteiger partial charge in [-0.1, -0.05) is 0 Å². The highest BCUT2D eigenvalue weighted by molar-refractivity contribution is 7.76. The largest absolute Gasteiger partial charge is 0.325 e. The van der Waals surface area contributed by atoms with Crippen molar-refractivity contribution < 1.29 is 18.2 Å². The molecule has 0 aromatic heterocycles. The molecule has 0 spiro atoms. The summed E-state index contributed by atoms with van der Waals surface area (Å²) in [5.41, 5.74) is 0. The molecule has 17 heavy (non-hydrogen) atoms. The molecule has 1 fully saturated rings. The van der Waals surface area contributed by atoms with Gasteiger partial charge in [-0.2, -0.15) is 0 Å². The maximum atomic E-state index is 12.6. The average Bonchev–Trinajstić information content (AvgIpc) is 2.21. The molecule has 0 aliphatic carbocycles. The molecular formula is C11H24O4P2. The van der Waals surface area contributed by atoms with Crippen molar-refractivity contribution in [1.29, 1.82) is 0 Å². The van der Waals surface area contributed by atoms with Crippen molar-refractivity contribution in [3.63, 3.8) is 0 Å². The van der Waals surface area contributed by atoms with Crippen molar-refractivity contribution >= 4 is 14.7 Å². The van der Waals surface area contributed by atoms with Crippen LogP contribution in [0.3, 0.4) is 0 Å². The standard InChI is InChI=1S/C11H24O4P2/c1-10(2)14-16(12)7-5-6-8-17(13,9-16)15-11(3)4/h10-11H,5-9H2,1-4H3. The highest BCUT2D eigenvalue weighted by Crippen LogP contribution is 2.66. The van der Waals surface area contributed by atoms with Gasteiger partial charge in [0.15, 0.2) is 0 Å². The topological polar surface area (TPSA) is 52.6 Å². The van der Waals surface area contributed by atoms with E-state index in [1.807, 2.05) is 27.7 Å². The van der Waals surface area contributed by atoms with Gasteiger partial charge in [0.1, 0.15) is 5.90 Å². The van der Waals surface area contributed by atoms with Crippen molar-refractivity contribution in [2.45, 2.75) is 52.7 Å². The second kappa shape index (κ2) is 6.02. The minimum absolute atomic E-state index is 0.0913. The maximum Gasteiger partial charge on any atom is 0.212 e. The van der Waals surface area contributed by atoms with Gasteiger partial charge in [0.2, 0.25) is 14.7 Å². The Morgan fingerprint density at radius 2 is 1.18 bits per heavy atom. The van der Waals surface area contributed by atoms with Crippen LogP contribution in [-0.2, 0) is 18.2 Å². The van der Waals surface area contributed by atoms with E-state index < -0.39 is 14.7 Å². The Balaban J connectivity index is 2.82. The van der Waals surface area contributed by atoms with E-state index in [1.54, 1.807) is 0 Å². The summed E-state index contributed by atoms with van der Waals surface area (Å²) in [5, 5.41) is 0. The van der Waals surface area contributed by atoms with Crippen LogP contribution in [0.15, 0.2) is 0 Å². The molecule has 1 saturated heterocycles. The third-order valence-electron chi connectivity index (χ3n) is 2.48. The second-order valence-corrected chi connectivity index (χ2v) is 10.9. The van der Waals surface area contributed by atoms with Gasteiger partial charge in [0.25, 0.3) is 0 Å². The molecule has 6 heteroatoms. The minimum Gasteiger partial charge on any atom is -0.325 e. The first-order chi connectivity index (χ1) is 7.75. The zero-order chi connectivity index (χ0) is 13.1. The Hall–Kier alpha value is 0.380. The van der Waals surface area contributed by atoms with Crippen molar-refractivity contribution in [2.24, 2.45) is 0 Å². The molecule has 2 unspecified atom stereocenters. The van der Waals surface area contributed by atoms with Gasteiger partial charge in [0, 0.05) is 12.3 Å². The molecule has 0 aromatic rings. The van der Waals surface area contributed by atoms with E-state index in [2.05, 4.69) is 0 Å². The third kappa shape index (κ3) is 5.26. The Morgan fingerprint density at radius 3 is 1.47 bits per heavy atom. The highest BCUT2D eigenvalue weighted by atomic mass is 31.2. The molecule has 0 amide bonds. The van der Waals surface area contributed by atoms with Crippen LogP contribution in [0, 0.1) is 0 Å². The molecule has 0 aromatic carbocycles. The predicted octanol–water partition coefficient (Wildman–Crippen LogP) is 4.14. The fourth-order valence-electron chi connectivity index (χ4n) is 2.12. The summed E-state index contributed by atoms with van der Waals surface area (Å²) < 4.78 is 36.3. The predicted molar refractivity (Wildman–Crippen MR) is 71.5 cm³/mol. The van der Waals surface area contributed by atoms with Gasteiger partial charge in [0.05, 0.1) is 12.2 Å². The van der Waals surface area contributed by atoms with E-state index in [1.165, 1.54) is 0 Å². The summed E-state index contributed by atoms with van der Waals surface area (Å²) in [7, 11) is -5.56. The summed E-state index contributed by atoms with van der Waals surface area (Å²) in [6.45, 7) is 7.44. The van der Waals surface area contributed by atoms with Gasteiger partial charge in [-0.25, -0.2) is 0 Å². The van der Waals surface area contributed by atoms with Crippen molar-refractivity contribution in [2.75, 3.05) is 18.2 Å². The van der Waals surface area contributed by atoms with Crippen LogP contribution < -0.4 is 0 Å². The molecule has 1 aliphatic rings. The lowest BCUT2D eigenvalue weighted by Gasteiger charge is -2.24. The lowest BCUT2D eigenvalue weighted by Crippen LogP contribution is -2.08. The van der Waals surface area contributed by atoms with E-state index in [9.17, 15) is 9.13 Å². The number of rotatable bonds is 4. The summed E-state index contributed by atoms with van der Waals surface area (Å²) in [6, 6.07) is 0. The van der Waals surface area contributed by atoms with E-state index in [0.29, 0.717) is 12.3 Å². The van der Waals surface area contributed by atoms with E-state index in [-0.39, 0.29) is 18.1 Å². The van der Waals surface area contributed by atoms with Crippen molar-refractivity contribution in [3.8, 4) is 0 Å². The minimum atomic E-state index is -2.78. The zero-order valence-electron chi connectivity index (χ0n) is 11.2. The third-order valence-corrected chi connectivity index (χ3v) is 9.54. The molecule has 0 N–H and O–H groups in total. The van der Waals surface area contributed by atoms with E-state index >= 15 is 0 Å². The molecule has 102 valence electrons. The molecule has 2 atom stereocenters. The first-order valence-corrected chi connectivity index (χ1v) is 10.3. The normalized spacial score (nSPS) is 35.2. The molecular weight excluding hydrogens is 258 g/mol. The first kappa shape index (κ1) is 15.4. The Labute approximate surface area is 104 Å². The Morgan fingerprint density at radius 1 is 0.824 bits per heavy atom. The average molecular weight is 282 g/mol. The smallest absolute Gasteiger partial charge is 0.212 e. The summed E-state index contributed by atoms with van der Waals surface area (Å²) in [4.78, 5) is 0. The lowest BCUT2D eigenvalue weighted by atomic mass is 10.4. The lowest BCUT2D eigenvalue weighted by molar-refractivity contribution is 0.237. The SMILES string of the molecule is CC(C)OP1(=O)CCCCP(=O)(OC(C)C)C1. The zero-order valence-corrected chi connectivity index (χ0v) is 13.0. The molecule has 0 radical (unpaired) electrons. The van der Waals surface area contributed by atoms with Crippen LogP contribution in [0.1, 0.15) is 40.5 Å². The summed E-state index contributed by atoms with van der Waals surface area (Å²) in [5.74, 6) is 0.121. The molecule has 1 heterocycles. The summed E-state index contributed by atoms with van der Waals surface area (Å²) >= 11 is 0. The van der Waals surface area contributed by atoms with Crippen LogP contribution >= 0.6 is 14.7 Å². The van der Waals surface area contributed by atoms with Gasteiger partial charge >= 0.3 is 0 Å². The first-order valence-electron chi connectivity index (χ1n) is 6.28. The van der Waals surface area contributed by atoms with Crippen LogP contribution in [0.5, 0.6) is 0 Å². The van der Waals surface area contributed by atoms with Gasteiger partial charge < -0.3 is 9.05 Å². The quantitative estimate of drug-likeness (QED) is 0.727. The molecule has 4 nitrogen and oxygen atoms in total. The van der Waals surface area contributed by atoms with E-state index in [0.717, 1.165) is 12.8 Å². The fourth-order valence-corrected chi connectivity index (χ4v) is 9.57. The van der Waals surface area contributed by atoms with Crippen molar-refractivity contribution in [1.82, 2.24) is 0 Å². The van der Waals surface area contributed by atoms with Crippen LogP contribution in [0.2, 0.25) is 0 Å². The van der Waals surface area contributed by atoms with Gasteiger partial charge in [-0.05, 0) is 40.5 Å². The Kier molecular flexibility index (Phi) is 5.46. The van der Waals surface area contributed by atoms with Gasteiger partial charge in [-0.3, -0.25) is 9.13 Å². The fraction of sp³-hybridized carbons (Fsp3) is 1.00. The molecule has 1 rings (SSSR count). The Bertz CT molecular complexity index is 306. The van der Waals surface area contributed by atoms with Gasteiger partial charge in [-0.15, -0.1) is 0 Å². The molecule has 0 saturated carbocycles. The van der Waals surface area contributed by atoms with E-state index in [4.69, 9.17) is 9.05 Å². The number of hydrogen-bond acceptors (Lipinski definition) is 4. The number of hydrogen-bond donors (Lipinski definition) is 0. The summed E-state index contributed by atoms with van der Waals surface area (Å²) in [6.07, 6.45) is 2.52. The van der Waals surface area contributed by atoms with Crippen LogP contribution in [-0.4, -0.2) is 30.4 Å². The highest BCUT2D eigenvalue weighted by Gasteiger charge is 2.39.